The Morgan fingerprint density at radius 1 is 1.00 bits per heavy atom. The zero-order chi connectivity index (χ0) is 25.0. The second kappa shape index (κ2) is 10.8. The molecule has 0 aliphatic rings. The molecule has 0 saturated heterocycles. The van der Waals surface area contributed by atoms with Gasteiger partial charge in [-0.15, -0.1) is 0 Å². The molecule has 0 atom stereocenters. The third kappa shape index (κ3) is 6.12. The first kappa shape index (κ1) is 26.1. The van der Waals surface area contributed by atoms with Crippen molar-refractivity contribution in [2.24, 2.45) is 0 Å². The summed E-state index contributed by atoms with van der Waals surface area (Å²) in [6, 6.07) is 13.8. The van der Waals surface area contributed by atoms with Gasteiger partial charge in [-0.05, 0) is 36.8 Å². The Hall–Kier alpha value is -2.54. The van der Waals surface area contributed by atoms with Gasteiger partial charge in [-0.3, -0.25) is 9.59 Å². The fraction of sp³-hybridized carbons (Fsp3) is 0.320. The monoisotopic (exact) mass is 520 g/mol. The summed E-state index contributed by atoms with van der Waals surface area (Å²) in [5.41, 5.74) is 1.54. The van der Waals surface area contributed by atoms with Gasteiger partial charge in [0.1, 0.15) is 12.4 Å². The minimum Gasteiger partial charge on any atom is -0.329 e. The van der Waals surface area contributed by atoms with Crippen LogP contribution < -0.4 is 5.32 Å². The first-order valence-corrected chi connectivity index (χ1v) is 12.0. The molecule has 180 valence electrons. The molecule has 0 bridgehead atoms. The average molecular weight is 522 g/mol. The van der Waals surface area contributed by atoms with E-state index in [1.807, 2.05) is 33.8 Å². The summed E-state index contributed by atoms with van der Waals surface area (Å²) in [6.07, 6.45) is 0.693. The quantitative estimate of drug-likeness (QED) is 0.380. The number of anilines is 1. The molecule has 0 saturated carbocycles. The van der Waals surface area contributed by atoms with Crippen LogP contribution in [0.15, 0.2) is 48.5 Å². The molecular formula is C25H27Cl3N4O2. The van der Waals surface area contributed by atoms with Crippen LogP contribution in [0.2, 0.25) is 15.1 Å². The van der Waals surface area contributed by atoms with Crippen molar-refractivity contribution in [1.82, 2.24) is 14.7 Å². The summed E-state index contributed by atoms with van der Waals surface area (Å²) in [7, 11) is 0. The lowest BCUT2D eigenvalue weighted by molar-refractivity contribution is -0.116. The van der Waals surface area contributed by atoms with Gasteiger partial charge in [-0.1, -0.05) is 74.6 Å². The fourth-order valence-corrected chi connectivity index (χ4v) is 3.84. The van der Waals surface area contributed by atoms with Crippen LogP contribution in [0.4, 0.5) is 5.82 Å². The van der Waals surface area contributed by atoms with Gasteiger partial charge in [0.05, 0.1) is 32.0 Å². The molecule has 0 aliphatic heterocycles. The first-order chi connectivity index (χ1) is 16.0. The van der Waals surface area contributed by atoms with Crippen molar-refractivity contribution in [3.8, 4) is 5.69 Å². The minimum atomic E-state index is -0.351. The number of nitrogens with one attached hydrogen (secondary N) is 1. The maximum absolute atomic E-state index is 13.1. The summed E-state index contributed by atoms with van der Waals surface area (Å²) < 4.78 is 1.61. The maximum Gasteiger partial charge on any atom is 0.255 e. The molecule has 34 heavy (non-hydrogen) atoms. The van der Waals surface area contributed by atoms with Crippen LogP contribution in [0.3, 0.4) is 0 Å². The topological polar surface area (TPSA) is 67.2 Å². The van der Waals surface area contributed by atoms with E-state index >= 15 is 0 Å². The number of benzene rings is 2. The molecule has 3 aromatic rings. The lowest BCUT2D eigenvalue weighted by atomic mass is 9.92. The number of amides is 2. The second-order valence-corrected chi connectivity index (χ2v) is 10.2. The predicted molar refractivity (Wildman–Crippen MR) is 139 cm³/mol. The molecular weight excluding hydrogens is 495 g/mol. The summed E-state index contributed by atoms with van der Waals surface area (Å²) >= 11 is 18.5. The van der Waals surface area contributed by atoms with Crippen LogP contribution >= 0.6 is 34.8 Å². The van der Waals surface area contributed by atoms with Crippen LogP contribution in [0.5, 0.6) is 0 Å². The van der Waals surface area contributed by atoms with Gasteiger partial charge in [0.2, 0.25) is 5.91 Å². The van der Waals surface area contributed by atoms with Gasteiger partial charge in [0.25, 0.3) is 5.91 Å². The van der Waals surface area contributed by atoms with E-state index in [4.69, 9.17) is 34.8 Å². The summed E-state index contributed by atoms with van der Waals surface area (Å²) in [5, 5.41) is 8.74. The molecule has 1 heterocycles. The van der Waals surface area contributed by atoms with E-state index in [1.165, 1.54) is 4.90 Å². The summed E-state index contributed by atoms with van der Waals surface area (Å²) in [6.45, 7) is 8.33. The van der Waals surface area contributed by atoms with Crippen molar-refractivity contribution >= 4 is 52.4 Å². The van der Waals surface area contributed by atoms with Crippen LogP contribution in [0, 0.1) is 0 Å². The predicted octanol–water partition coefficient (Wildman–Crippen LogP) is 6.62. The van der Waals surface area contributed by atoms with Crippen molar-refractivity contribution in [3.05, 3.63) is 74.9 Å². The second-order valence-electron chi connectivity index (χ2n) is 8.93. The maximum atomic E-state index is 13.1. The smallest absolute Gasteiger partial charge is 0.255 e. The number of carbonyl (C=O) groups excluding carboxylic acids is 2. The van der Waals surface area contributed by atoms with Gasteiger partial charge in [-0.2, -0.15) is 5.10 Å². The molecule has 1 aromatic heterocycles. The van der Waals surface area contributed by atoms with Crippen molar-refractivity contribution in [2.45, 2.75) is 39.5 Å². The van der Waals surface area contributed by atoms with Crippen LogP contribution in [0.1, 0.15) is 50.2 Å². The Kier molecular flexibility index (Phi) is 8.29. The van der Waals surface area contributed by atoms with E-state index in [2.05, 4.69) is 10.4 Å². The standard InChI is InChI=1S/C25H27Cl3N4O2/c1-5-12-31(24(34)17-8-6-7-9-18(17)26)15-23(33)29-22-14-21(25(2,3)4)30-32(22)16-10-11-19(27)20(28)13-16/h6-11,13-14H,5,12,15H2,1-4H3,(H,29,33). The molecule has 0 radical (unpaired) electrons. The molecule has 9 heteroatoms. The van der Waals surface area contributed by atoms with Gasteiger partial charge < -0.3 is 10.2 Å². The van der Waals surface area contributed by atoms with Crippen molar-refractivity contribution in [2.75, 3.05) is 18.4 Å². The van der Waals surface area contributed by atoms with Crippen molar-refractivity contribution in [1.29, 1.82) is 0 Å². The highest BCUT2D eigenvalue weighted by Gasteiger charge is 2.24. The van der Waals surface area contributed by atoms with Crippen LogP contribution in [0.25, 0.3) is 5.69 Å². The normalized spacial score (nSPS) is 11.4. The number of hydrogen-bond acceptors (Lipinski definition) is 3. The van der Waals surface area contributed by atoms with E-state index in [9.17, 15) is 9.59 Å². The van der Waals surface area contributed by atoms with Crippen molar-refractivity contribution < 1.29 is 9.59 Å². The molecule has 6 nitrogen and oxygen atoms in total. The fourth-order valence-electron chi connectivity index (χ4n) is 3.33. The highest BCUT2D eigenvalue weighted by molar-refractivity contribution is 6.42. The lowest BCUT2D eigenvalue weighted by Crippen LogP contribution is -2.38. The SMILES string of the molecule is CCCN(CC(=O)Nc1cc(C(C)(C)C)nn1-c1ccc(Cl)c(Cl)c1)C(=O)c1ccccc1Cl. The van der Waals surface area contributed by atoms with Gasteiger partial charge >= 0.3 is 0 Å². The zero-order valence-corrected chi connectivity index (χ0v) is 21.8. The molecule has 3 rings (SSSR count). The Bertz CT molecular complexity index is 1200. The Morgan fingerprint density at radius 3 is 2.32 bits per heavy atom. The average Bonchev–Trinajstić information content (AvgIpc) is 3.19. The van der Waals surface area contributed by atoms with E-state index in [-0.39, 0.29) is 23.8 Å². The molecule has 0 aliphatic carbocycles. The molecule has 0 fully saturated rings. The number of hydrogen-bond donors (Lipinski definition) is 1. The number of carbonyl (C=O) groups is 2. The van der Waals surface area contributed by atoms with Gasteiger partial charge in [-0.25, -0.2) is 4.68 Å². The largest absolute Gasteiger partial charge is 0.329 e. The minimum absolute atomic E-state index is 0.130. The lowest BCUT2D eigenvalue weighted by Gasteiger charge is -2.22. The Balaban J connectivity index is 1.89. The van der Waals surface area contributed by atoms with Crippen molar-refractivity contribution in [3.63, 3.8) is 0 Å². The number of aromatic nitrogens is 2. The van der Waals surface area contributed by atoms with E-state index in [1.54, 1.807) is 47.1 Å². The first-order valence-electron chi connectivity index (χ1n) is 10.9. The number of rotatable bonds is 7. The van der Waals surface area contributed by atoms with E-state index < -0.39 is 0 Å². The number of nitrogens with zero attached hydrogens (tertiary/aromatic N) is 3. The highest BCUT2D eigenvalue weighted by atomic mass is 35.5. The third-order valence-electron chi connectivity index (χ3n) is 5.11. The summed E-state index contributed by atoms with van der Waals surface area (Å²) in [4.78, 5) is 27.6. The Labute approximate surface area is 214 Å². The summed E-state index contributed by atoms with van der Waals surface area (Å²) in [5.74, 6) is -0.179. The number of halogens is 3. The Morgan fingerprint density at radius 2 is 1.71 bits per heavy atom. The van der Waals surface area contributed by atoms with E-state index in [0.717, 1.165) is 5.69 Å². The van der Waals surface area contributed by atoms with Gasteiger partial charge in [0, 0.05) is 18.0 Å². The third-order valence-corrected chi connectivity index (χ3v) is 6.18. The zero-order valence-electron chi connectivity index (χ0n) is 19.5. The molecule has 2 amide bonds. The molecule has 2 aromatic carbocycles. The van der Waals surface area contributed by atoms with Crippen LogP contribution in [-0.2, 0) is 10.2 Å². The van der Waals surface area contributed by atoms with E-state index in [0.29, 0.717) is 45.1 Å². The molecule has 0 unspecified atom stereocenters. The van der Waals surface area contributed by atoms with Gasteiger partial charge in [0.15, 0.2) is 0 Å². The molecule has 1 N–H and O–H groups in total. The molecule has 0 spiro atoms. The highest BCUT2D eigenvalue weighted by Crippen LogP contribution is 2.29. The van der Waals surface area contributed by atoms with Crippen LogP contribution in [-0.4, -0.2) is 39.6 Å².